The number of esters is 1. The van der Waals surface area contributed by atoms with E-state index in [2.05, 4.69) is 36.4 Å². The van der Waals surface area contributed by atoms with Crippen molar-refractivity contribution in [3.63, 3.8) is 0 Å². The number of carbonyl (C=O) groups is 1. The molecule has 0 amide bonds. The molecule has 0 N–H and O–H groups in total. The van der Waals surface area contributed by atoms with Gasteiger partial charge in [-0.15, -0.1) is 0 Å². The van der Waals surface area contributed by atoms with Gasteiger partial charge in [-0.2, -0.15) is 0 Å². The van der Waals surface area contributed by atoms with Gasteiger partial charge in [0.2, 0.25) is 0 Å². The van der Waals surface area contributed by atoms with E-state index >= 15 is 0 Å². The summed E-state index contributed by atoms with van der Waals surface area (Å²) in [6, 6.07) is 28.6. The van der Waals surface area contributed by atoms with Gasteiger partial charge in [0, 0.05) is 13.3 Å². The van der Waals surface area contributed by atoms with Crippen molar-refractivity contribution in [1.82, 2.24) is 0 Å². The zero-order valence-corrected chi connectivity index (χ0v) is 16.2. The van der Waals surface area contributed by atoms with Crippen molar-refractivity contribution in [1.29, 1.82) is 0 Å². The second kappa shape index (κ2) is 9.56. The predicted molar refractivity (Wildman–Crippen MR) is 113 cm³/mol. The molecule has 0 spiro atoms. The van der Waals surface area contributed by atoms with Crippen LogP contribution >= 0.6 is 0 Å². The first-order valence-corrected chi connectivity index (χ1v) is 9.31. The SMILES string of the molecule is COc1ccc(/C(=C(\CCOC(C)=O)c2ccccc2)c2ccccc2)cc1. The number of rotatable bonds is 7. The van der Waals surface area contributed by atoms with Crippen LogP contribution in [0.4, 0.5) is 0 Å². The van der Waals surface area contributed by atoms with Crippen molar-refractivity contribution in [3.05, 3.63) is 102 Å². The summed E-state index contributed by atoms with van der Waals surface area (Å²) in [5, 5.41) is 0. The number of hydrogen-bond donors (Lipinski definition) is 0. The molecular formula is C25H24O3. The van der Waals surface area contributed by atoms with E-state index in [4.69, 9.17) is 9.47 Å². The summed E-state index contributed by atoms with van der Waals surface area (Å²) in [6.07, 6.45) is 0.625. The largest absolute Gasteiger partial charge is 0.497 e. The van der Waals surface area contributed by atoms with Crippen molar-refractivity contribution >= 4 is 17.1 Å². The molecule has 0 saturated heterocycles. The summed E-state index contributed by atoms with van der Waals surface area (Å²) in [6.45, 7) is 1.78. The quantitative estimate of drug-likeness (QED) is 0.400. The third-order valence-electron chi connectivity index (χ3n) is 4.52. The van der Waals surface area contributed by atoms with Crippen molar-refractivity contribution in [2.24, 2.45) is 0 Å². The molecule has 0 aliphatic heterocycles. The molecule has 3 heteroatoms. The lowest BCUT2D eigenvalue weighted by atomic mass is 9.88. The van der Waals surface area contributed by atoms with Crippen LogP contribution in [0.5, 0.6) is 5.75 Å². The standard InChI is InChI=1S/C25H24O3/c1-19(26)28-18-17-24(20-9-5-3-6-10-20)25(21-11-7-4-8-12-21)22-13-15-23(27-2)16-14-22/h3-16H,17-18H2,1-2H3/b25-24+. The maximum absolute atomic E-state index is 11.3. The molecular weight excluding hydrogens is 348 g/mol. The summed E-state index contributed by atoms with van der Waals surface area (Å²) in [4.78, 5) is 11.3. The highest BCUT2D eigenvalue weighted by atomic mass is 16.5. The van der Waals surface area contributed by atoms with Gasteiger partial charge >= 0.3 is 5.97 Å². The summed E-state index contributed by atoms with van der Waals surface area (Å²) < 4.78 is 10.6. The third kappa shape index (κ3) is 4.89. The molecule has 0 atom stereocenters. The first kappa shape index (κ1) is 19.4. The fraction of sp³-hybridized carbons (Fsp3) is 0.160. The number of benzene rings is 3. The first-order valence-electron chi connectivity index (χ1n) is 9.31. The van der Waals surface area contributed by atoms with Gasteiger partial charge in [-0.05, 0) is 40.0 Å². The fourth-order valence-electron chi connectivity index (χ4n) is 3.23. The van der Waals surface area contributed by atoms with Gasteiger partial charge in [0.1, 0.15) is 5.75 Å². The Bertz CT molecular complexity index is 927. The Morgan fingerprint density at radius 3 is 1.82 bits per heavy atom. The van der Waals surface area contributed by atoms with Gasteiger partial charge in [-0.3, -0.25) is 4.79 Å². The number of carbonyl (C=O) groups excluding carboxylic acids is 1. The molecule has 0 bridgehead atoms. The Kier molecular flexibility index (Phi) is 6.64. The zero-order valence-electron chi connectivity index (χ0n) is 16.2. The van der Waals surface area contributed by atoms with Crippen LogP contribution in [-0.2, 0) is 9.53 Å². The van der Waals surface area contributed by atoms with Crippen molar-refractivity contribution in [2.75, 3.05) is 13.7 Å². The van der Waals surface area contributed by atoms with E-state index in [0.29, 0.717) is 13.0 Å². The smallest absolute Gasteiger partial charge is 0.302 e. The van der Waals surface area contributed by atoms with Crippen LogP contribution in [-0.4, -0.2) is 19.7 Å². The molecule has 0 radical (unpaired) electrons. The van der Waals surface area contributed by atoms with Crippen LogP contribution in [0.3, 0.4) is 0 Å². The van der Waals surface area contributed by atoms with Crippen LogP contribution in [0, 0.1) is 0 Å². The van der Waals surface area contributed by atoms with Crippen molar-refractivity contribution in [2.45, 2.75) is 13.3 Å². The molecule has 0 unspecified atom stereocenters. The van der Waals surface area contributed by atoms with E-state index in [-0.39, 0.29) is 5.97 Å². The first-order chi connectivity index (χ1) is 13.7. The number of ether oxygens (including phenoxy) is 2. The van der Waals surface area contributed by atoms with E-state index < -0.39 is 0 Å². The van der Waals surface area contributed by atoms with Gasteiger partial charge in [0.05, 0.1) is 13.7 Å². The lowest BCUT2D eigenvalue weighted by Gasteiger charge is -2.18. The van der Waals surface area contributed by atoms with E-state index in [1.807, 2.05) is 48.5 Å². The second-order valence-electron chi connectivity index (χ2n) is 6.40. The number of methoxy groups -OCH3 is 1. The molecule has 3 nitrogen and oxygen atoms in total. The lowest BCUT2D eigenvalue weighted by molar-refractivity contribution is -0.140. The Labute approximate surface area is 166 Å². The predicted octanol–water partition coefficient (Wildman–Crippen LogP) is 5.61. The van der Waals surface area contributed by atoms with E-state index in [1.165, 1.54) is 6.92 Å². The van der Waals surface area contributed by atoms with Gasteiger partial charge in [-0.1, -0.05) is 72.8 Å². The molecule has 0 fully saturated rings. The maximum atomic E-state index is 11.3. The summed E-state index contributed by atoms with van der Waals surface area (Å²) in [5.74, 6) is 0.551. The van der Waals surface area contributed by atoms with Crippen LogP contribution in [0.2, 0.25) is 0 Å². The van der Waals surface area contributed by atoms with Gasteiger partial charge in [0.15, 0.2) is 0 Å². The highest BCUT2D eigenvalue weighted by Crippen LogP contribution is 2.35. The van der Waals surface area contributed by atoms with Crippen LogP contribution in [0.15, 0.2) is 84.9 Å². The maximum Gasteiger partial charge on any atom is 0.302 e. The molecule has 0 heterocycles. The van der Waals surface area contributed by atoms with Crippen LogP contribution in [0.25, 0.3) is 11.1 Å². The minimum atomic E-state index is -0.266. The topological polar surface area (TPSA) is 35.5 Å². The van der Waals surface area contributed by atoms with Gasteiger partial charge in [0.25, 0.3) is 0 Å². The van der Waals surface area contributed by atoms with Crippen molar-refractivity contribution in [3.8, 4) is 5.75 Å². The highest BCUT2D eigenvalue weighted by molar-refractivity contribution is 5.98. The number of hydrogen-bond acceptors (Lipinski definition) is 3. The van der Waals surface area contributed by atoms with E-state index in [1.54, 1.807) is 7.11 Å². The summed E-state index contributed by atoms with van der Waals surface area (Å²) in [7, 11) is 1.66. The monoisotopic (exact) mass is 372 g/mol. The Hall–Kier alpha value is -3.33. The molecule has 3 aromatic carbocycles. The summed E-state index contributed by atoms with van der Waals surface area (Å²) >= 11 is 0. The average molecular weight is 372 g/mol. The third-order valence-corrected chi connectivity index (χ3v) is 4.52. The molecule has 0 aliphatic carbocycles. The molecule has 0 aromatic heterocycles. The lowest BCUT2D eigenvalue weighted by Crippen LogP contribution is -2.03. The molecule has 0 aliphatic rings. The molecule has 142 valence electrons. The van der Waals surface area contributed by atoms with Gasteiger partial charge in [-0.25, -0.2) is 0 Å². The molecule has 3 rings (SSSR count). The van der Waals surface area contributed by atoms with Gasteiger partial charge < -0.3 is 9.47 Å². The van der Waals surface area contributed by atoms with E-state index in [9.17, 15) is 4.79 Å². The molecule has 0 saturated carbocycles. The Morgan fingerprint density at radius 1 is 0.750 bits per heavy atom. The Morgan fingerprint density at radius 2 is 1.29 bits per heavy atom. The van der Waals surface area contributed by atoms with Crippen LogP contribution < -0.4 is 4.74 Å². The minimum Gasteiger partial charge on any atom is -0.497 e. The minimum absolute atomic E-state index is 0.266. The van der Waals surface area contributed by atoms with Crippen molar-refractivity contribution < 1.29 is 14.3 Å². The summed E-state index contributed by atoms with van der Waals surface area (Å²) in [5.41, 5.74) is 5.59. The normalized spacial score (nSPS) is 11.5. The molecule has 28 heavy (non-hydrogen) atoms. The van der Waals surface area contributed by atoms with E-state index in [0.717, 1.165) is 33.6 Å². The zero-order chi connectivity index (χ0) is 19.8. The molecule has 3 aromatic rings. The average Bonchev–Trinajstić information content (AvgIpc) is 2.74. The fourth-order valence-corrected chi connectivity index (χ4v) is 3.23. The second-order valence-corrected chi connectivity index (χ2v) is 6.40. The van der Waals surface area contributed by atoms with Crippen LogP contribution in [0.1, 0.15) is 30.0 Å². The Balaban J connectivity index is 2.17. The highest BCUT2D eigenvalue weighted by Gasteiger charge is 2.14.